The second-order valence-corrected chi connectivity index (χ2v) is 4.80. The molecule has 21 heavy (non-hydrogen) atoms. The maximum absolute atomic E-state index is 13.3. The molecule has 1 atom stereocenters. The van der Waals surface area contributed by atoms with Crippen LogP contribution >= 0.6 is 0 Å². The van der Waals surface area contributed by atoms with Gasteiger partial charge in [-0.15, -0.1) is 0 Å². The number of ether oxygens (including phenoxy) is 1. The summed E-state index contributed by atoms with van der Waals surface area (Å²) in [5.74, 6) is -0.807. The van der Waals surface area contributed by atoms with E-state index in [9.17, 15) is 8.78 Å². The van der Waals surface area contributed by atoms with E-state index in [4.69, 9.17) is 4.74 Å². The third-order valence-electron chi connectivity index (χ3n) is 3.37. The van der Waals surface area contributed by atoms with Crippen LogP contribution in [0, 0.1) is 11.6 Å². The molecule has 0 saturated heterocycles. The summed E-state index contributed by atoms with van der Waals surface area (Å²) in [6.07, 6.45) is 0.585. The lowest BCUT2D eigenvalue weighted by atomic mass is 9.99. The molecule has 2 nitrogen and oxygen atoms in total. The van der Waals surface area contributed by atoms with Crippen molar-refractivity contribution in [3.05, 3.63) is 65.2 Å². The van der Waals surface area contributed by atoms with E-state index in [1.54, 1.807) is 6.07 Å². The zero-order valence-electron chi connectivity index (χ0n) is 12.2. The van der Waals surface area contributed by atoms with Crippen molar-refractivity contribution < 1.29 is 13.5 Å². The van der Waals surface area contributed by atoms with Crippen LogP contribution in [0.1, 0.15) is 24.1 Å². The first-order valence-corrected chi connectivity index (χ1v) is 6.98. The Morgan fingerprint density at radius 1 is 1.05 bits per heavy atom. The molecule has 1 N–H and O–H groups in total. The highest BCUT2D eigenvalue weighted by Gasteiger charge is 2.12. The largest absolute Gasteiger partial charge is 0.494 e. The van der Waals surface area contributed by atoms with Crippen LogP contribution in [-0.4, -0.2) is 13.7 Å². The number of benzene rings is 2. The molecule has 0 aliphatic rings. The van der Waals surface area contributed by atoms with Crippen molar-refractivity contribution in [2.75, 3.05) is 13.7 Å². The first-order valence-electron chi connectivity index (χ1n) is 6.98. The molecule has 0 fully saturated rings. The monoisotopic (exact) mass is 291 g/mol. The molecule has 0 bridgehead atoms. The van der Waals surface area contributed by atoms with Gasteiger partial charge in [-0.25, -0.2) is 8.78 Å². The molecule has 2 aromatic rings. The Labute approximate surface area is 123 Å². The predicted molar refractivity (Wildman–Crippen MR) is 79.5 cm³/mol. The van der Waals surface area contributed by atoms with Gasteiger partial charge >= 0.3 is 0 Å². The van der Waals surface area contributed by atoms with E-state index in [-0.39, 0.29) is 6.04 Å². The fourth-order valence-corrected chi connectivity index (χ4v) is 2.25. The van der Waals surface area contributed by atoms with Gasteiger partial charge in [0.25, 0.3) is 0 Å². The molecule has 0 radical (unpaired) electrons. The minimum Gasteiger partial charge on any atom is -0.494 e. The van der Waals surface area contributed by atoms with Crippen LogP contribution in [0.5, 0.6) is 5.75 Å². The van der Waals surface area contributed by atoms with Crippen molar-refractivity contribution in [2.24, 2.45) is 0 Å². The first-order chi connectivity index (χ1) is 10.1. The lowest BCUT2D eigenvalue weighted by Crippen LogP contribution is -2.18. The van der Waals surface area contributed by atoms with Crippen LogP contribution in [0.15, 0.2) is 42.5 Å². The highest BCUT2D eigenvalue weighted by Crippen LogP contribution is 2.22. The van der Waals surface area contributed by atoms with Crippen LogP contribution in [0.4, 0.5) is 8.78 Å². The van der Waals surface area contributed by atoms with Gasteiger partial charge in [-0.1, -0.05) is 18.2 Å². The van der Waals surface area contributed by atoms with E-state index >= 15 is 0 Å². The predicted octanol–water partition coefficient (Wildman–Crippen LogP) is 3.87. The molecular weight excluding hydrogens is 272 g/mol. The summed E-state index contributed by atoms with van der Waals surface area (Å²) in [5.41, 5.74) is 1.83. The normalized spacial score (nSPS) is 12.2. The molecule has 0 amide bonds. The van der Waals surface area contributed by atoms with Gasteiger partial charge in [0.1, 0.15) is 5.75 Å². The van der Waals surface area contributed by atoms with E-state index < -0.39 is 11.6 Å². The van der Waals surface area contributed by atoms with Gasteiger partial charge in [0, 0.05) is 6.04 Å². The van der Waals surface area contributed by atoms with Gasteiger partial charge in [-0.05, 0) is 55.8 Å². The average molecular weight is 291 g/mol. The van der Waals surface area contributed by atoms with Crippen molar-refractivity contribution in [3.8, 4) is 5.75 Å². The SMILES string of the molecule is CCOc1ccc(C(Cc2ccc(F)c(F)c2)NC)cc1. The number of hydrogen-bond acceptors (Lipinski definition) is 2. The van der Waals surface area contributed by atoms with E-state index in [0.29, 0.717) is 13.0 Å². The molecular formula is C17H19F2NO. The van der Waals surface area contributed by atoms with Crippen molar-refractivity contribution in [1.29, 1.82) is 0 Å². The van der Waals surface area contributed by atoms with Gasteiger partial charge in [-0.2, -0.15) is 0 Å². The Hall–Kier alpha value is -1.94. The number of rotatable bonds is 6. The van der Waals surface area contributed by atoms with Gasteiger partial charge in [-0.3, -0.25) is 0 Å². The molecule has 0 aliphatic carbocycles. The third-order valence-corrected chi connectivity index (χ3v) is 3.37. The van der Waals surface area contributed by atoms with Crippen LogP contribution in [0.3, 0.4) is 0 Å². The Morgan fingerprint density at radius 3 is 2.33 bits per heavy atom. The Bertz CT molecular complexity index is 584. The number of halogens is 2. The smallest absolute Gasteiger partial charge is 0.159 e. The quantitative estimate of drug-likeness (QED) is 0.872. The Kier molecular flexibility index (Phi) is 5.28. The highest BCUT2D eigenvalue weighted by molar-refractivity contribution is 5.30. The maximum atomic E-state index is 13.3. The summed E-state index contributed by atoms with van der Waals surface area (Å²) in [6, 6.07) is 11.8. The highest BCUT2D eigenvalue weighted by atomic mass is 19.2. The lowest BCUT2D eigenvalue weighted by Gasteiger charge is -2.17. The number of hydrogen-bond donors (Lipinski definition) is 1. The zero-order valence-corrected chi connectivity index (χ0v) is 12.2. The molecule has 4 heteroatoms. The second kappa shape index (κ2) is 7.18. The van der Waals surface area contributed by atoms with Crippen LogP contribution in [0.25, 0.3) is 0 Å². The molecule has 1 unspecified atom stereocenters. The first kappa shape index (κ1) is 15.4. The summed E-state index contributed by atoms with van der Waals surface area (Å²) >= 11 is 0. The summed E-state index contributed by atoms with van der Waals surface area (Å²) in [6.45, 7) is 2.57. The zero-order chi connectivity index (χ0) is 15.2. The molecule has 0 aliphatic heterocycles. The second-order valence-electron chi connectivity index (χ2n) is 4.80. The van der Waals surface area contributed by atoms with Crippen molar-refractivity contribution >= 4 is 0 Å². The maximum Gasteiger partial charge on any atom is 0.159 e. The standard InChI is InChI=1S/C17H19F2NO/c1-3-21-14-7-5-13(6-8-14)17(20-2)11-12-4-9-15(18)16(19)10-12/h4-10,17,20H,3,11H2,1-2H3. The third kappa shape index (κ3) is 4.02. The molecule has 0 aromatic heterocycles. The van der Waals surface area contributed by atoms with Crippen molar-refractivity contribution in [2.45, 2.75) is 19.4 Å². The minimum atomic E-state index is -0.819. The molecule has 2 aromatic carbocycles. The van der Waals surface area contributed by atoms with E-state index in [1.165, 1.54) is 6.07 Å². The number of likely N-dealkylation sites (N-methyl/N-ethyl adjacent to an activating group) is 1. The lowest BCUT2D eigenvalue weighted by molar-refractivity contribution is 0.340. The summed E-state index contributed by atoms with van der Waals surface area (Å²) in [7, 11) is 1.85. The van der Waals surface area contributed by atoms with Crippen molar-refractivity contribution in [1.82, 2.24) is 5.32 Å². The van der Waals surface area contributed by atoms with Crippen LogP contribution in [-0.2, 0) is 6.42 Å². The van der Waals surface area contributed by atoms with Crippen LogP contribution < -0.4 is 10.1 Å². The fourth-order valence-electron chi connectivity index (χ4n) is 2.25. The average Bonchev–Trinajstić information content (AvgIpc) is 2.50. The molecule has 0 spiro atoms. The number of nitrogens with one attached hydrogen (secondary N) is 1. The summed E-state index contributed by atoms with van der Waals surface area (Å²) in [5, 5.41) is 3.20. The summed E-state index contributed by atoms with van der Waals surface area (Å²) in [4.78, 5) is 0. The van der Waals surface area contributed by atoms with Gasteiger partial charge < -0.3 is 10.1 Å². The Morgan fingerprint density at radius 2 is 1.76 bits per heavy atom. The fraction of sp³-hybridized carbons (Fsp3) is 0.294. The minimum absolute atomic E-state index is 0.0329. The molecule has 112 valence electrons. The Balaban J connectivity index is 2.13. The van der Waals surface area contributed by atoms with Crippen LogP contribution in [0.2, 0.25) is 0 Å². The molecule has 0 saturated carbocycles. The van der Waals surface area contributed by atoms with E-state index in [1.807, 2.05) is 38.2 Å². The summed E-state index contributed by atoms with van der Waals surface area (Å²) < 4.78 is 31.6. The molecule has 2 rings (SSSR count). The van der Waals surface area contributed by atoms with Gasteiger partial charge in [0.05, 0.1) is 6.61 Å². The van der Waals surface area contributed by atoms with Gasteiger partial charge in [0.2, 0.25) is 0 Å². The van der Waals surface area contributed by atoms with E-state index in [2.05, 4.69) is 5.32 Å². The van der Waals surface area contributed by atoms with E-state index in [0.717, 1.165) is 22.9 Å². The van der Waals surface area contributed by atoms with Gasteiger partial charge in [0.15, 0.2) is 11.6 Å². The topological polar surface area (TPSA) is 21.3 Å². The molecule has 0 heterocycles. The van der Waals surface area contributed by atoms with Crippen molar-refractivity contribution in [3.63, 3.8) is 0 Å².